The van der Waals surface area contributed by atoms with Crippen LogP contribution in [-0.4, -0.2) is 72.0 Å². The summed E-state index contributed by atoms with van der Waals surface area (Å²) in [5.41, 5.74) is 11.6. The van der Waals surface area contributed by atoms with Crippen LogP contribution < -0.4 is 15.6 Å². The van der Waals surface area contributed by atoms with Gasteiger partial charge in [-0.25, -0.2) is 14.0 Å². The largest absolute Gasteiger partial charge is 0.368 e. The van der Waals surface area contributed by atoms with E-state index in [0.29, 0.717) is 56.3 Å². The summed E-state index contributed by atoms with van der Waals surface area (Å²) >= 11 is 0. The molecule has 1 aliphatic rings. The number of benzene rings is 3. The molecule has 6 aromatic rings. The van der Waals surface area contributed by atoms with Gasteiger partial charge in [-0.1, -0.05) is 106 Å². The van der Waals surface area contributed by atoms with Crippen LogP contribution in [-0.2, 0) is 13.1 Å². The van der Waals surface area contributed by atoms with Gasteiger partial charge in [-0.3, -0.25) is 4.90 Å². The summed E-state index contributed by atoms with van der Waals surface area (Å²) in [5.74, 6) is 0.399. The number of anilines is 1. The van der Waals surface area contributed by atoms with Gasteiger partial charge in [0.1, 0.15) is 12.2 Å². The first-order valence-corrected chi connectivity index (χ1v) is 15.4. The molecule has 3 aromatic heterocycles. The van der Waals surface area contributed by atoms with Crippen molar-refractivity contribution in [1.82, 2.24) is 45.1 Å². The number of urea groups is 1. The molecule has 0 spiro atoms. The third-order valence-corrected chi connectivity index (χ3v) is 8.52. The molecule has 2 atom stereocenters. The number of nitrogens with two attached hydrogens (primary N) is 1. The van der Waals surface area contributed by atoms with Gasteiger partial charge < -0.3 is 20.9 Å². The molecule has 0 radical (unpaired) electrons. The maximum absolute atomic E-state index is 13.1. The molecule has 1 fully saturated rings. The van der Waals surface area contributed by atoms with Crippen LogP contribution in [0.1, 0.15) is 34.5 Å². The SMILES string of the molecule is Nc1nc[n+](Cc2cn(C(c3ccccc3)C(c3ccccc3)N3CCN(C(=O)NCc4ccccc4)CC3)nn2)c2nc[nH]c12. The van der Waals surface area contributed by atoms with Crippen molar-refractivity contribution in [1.29, 1.82) is 0 Å². The van der Waals surface area contributed by atoms with E-state index in [-0.39, 0.29) is 18.1 Å². The number of nitrogens with one attached hydrogen (secondary N) is 2. The van der Waals surface area contributed by atoms with E-state index < -0.39 is 0 Å². The van der Waals surface area contributed by atoms with Gasteiger partial charge in [-0.05, 0) is 16.7 Å². The highest BCUT2D eigenvalue weighted by atomic mass is 16.2. The molecule has 4 N–H and O–H groups in total. The molecule has 1 saturated heterocycles. The van der Waals surface area contributed by atoms with Gasteiger partial charge in [0, 0.05) is 32.7 Å². The maximum Gasteiger partial charge on any atom is 0.317 e. The quantitative estimate of drug-likeness (QED) is 0.213. The number of fused-ring (bicyclic) bond motifs is 1. The zero-order chi connectivity index (χ0) is 31.3. The number of imidazole rings is 1. The summed E-state index contributed by atoms with van der Waals surface area (Å²) in [6.45, 7) is 3.61. The Kier molecular flexibility index (Phi) is 8.33. The van der Waals surface area contributed by atoms with Gasteiger partial charge in [-0.15, -0.1) is 5.10 Å². The molecule has 46 heavy (non-hydrogen) atoms. The van der Waals surface area contributed by atoms with E-state index in [1.54, 1.807) is 12.7 Å². The Balaban J connectivity index is 1.16. The minimum atomic E-state index is -0.178. The Morgan fingerprint density at radius 1 is 0.870 bits per heavy atom. The second-order valence-electron chi connectivity index (χ2n) is 11.4. The van der Waals surface area contributed by atoms with Crippen molar-refractivity contribution in [3.63, 3.8) is 0 Å². The highest BCUT2D eigenvalue weighted by Gasteiger charge is 2.35. The molecule has 2 unspecified atom stereocenters. The van der Waals surface area contributed by atoms with Crippen molar-refractivity contribution >= 4 is 23.0 Å². The molecule has 1 aliphatic heterocycles. The van der Waals surface area contributed by atoms with E-state index in [1.165, 1.54) is 5.56 Å². The Morgan fingerprint density at radius 2 is 1.52 bits per heavy atom. The summed E-state index contributed by atoms with van der Waals surface area (Å²) in [7, 11) is 0. The third-order valence-electron chi connectivity index (χ3n) is 8.52. The van der Waals surface area contributed by atoms with E-state index >= 15 is 0 Å². The number of nitrogens with zero attached hydrogens (tertiary/aromatic N) is 8. The molecule has 0 aliphatic carbocycles. The molecule has 7 rings (SSSR count). The zero-order valence-corrected chi connectivity index (χ0v) is 25.4. The van der Waals surface area contributed by atoms with E-state index in [4.69, 9.17) is 10.9 Å². The molecule has 2 amide bonds. The number of piperazine rings is 1. The van der Waals surface area contributed by atoms with Crippen LogP contribution in [0.3, 0.4) is 0 Å². The summed E-state index contributed by atoms with van der Waals surface area (Å²) in [5, 5.41) is 12.4. The first-order chi connectivity index (χ1) is 22.6. The number of carbonyl (C=O) groups excluding carboxylic acids is 1. The van der Waals surface area contributed by atoms with Crippen LogP contribution in [0.5, 0.6) is 0 Å². The Labute approximate surface area is 266 Å². The first-order valence-electron chi connectivity index (χ1n) is 15.4. The predicted molar refractivity (Wildman–Crippen MR) is 173 cm³/mol. The van der Waals surface area contributed by atoms with Gasteiger partial charge in [0.2, 0.25) is 12.1 Å². The van der Waals surface area contributed by atoms with Crippen LogP contribution in [0.15, 0.2) is 110 Å². The minimum Gasteiger partial charge on any atom is -0.368 e. The topological polar surface area (TPSA) is 138 Å². The number of hydrogen-bond donors (Lipinski definition) is 3. The number of hydrogen-bond acceptors (Lipinski definition) is 7. The molecule has 0 saturated carbocycles. The Bertz CT molecular complexity index is 1880. The lowest BCUT2D eigenvalue weighted by Crippen LogP contribution is -2.53. The predicted octanol–water partition coefficient (Wildman–Crippen LogP) is 3.33. The average molecular weight is 615 g/mol. The lowest BCUT2D eigenvalue weighted by Gasteiger charge is -2.42. The molecule has 12 nitrogen and oxygen atoms in total. The average Bonchev–Trinajstić information content (AvgIpc) is 3.80. The van der Waals surface area contributed by atoms with Gasteiger partial charge in [0.25, 0.3) is 5.65 Å². The summed E-state index contributed by atoms with van der Waals surface area (Å²) in [6, 6.07) is 30.6. The monoisotopic (exact) mass is 614 g/mol. The lowest BCUT2D eigenvalue weighted by atomic mass is 9.91. The van der Waals surface area contributed by atoms with E-state index in [9.17, 15) is 4.79 Å². The fourth-order valence-electron chi connectivity index (χ4n) is 6.22. The van der Waals surface area contributed by atoms with Crippen molar-refractivity contribution in [2.24, 2.45) is 0 Å². The Morgan fingerprint density at radius 3 is 2.22 bits per heavy atom. The van der Waals surface area contributed by atoms with Crippen molar-refractivity contribution < 1.29 is 9.36 Å². The van der Waals surface area contributed by atoms with E-state index in [1.807, 2.05) is 62.8 Å². The van der Waals surface area contributed by atoms with Crippen LogP contribution in [0.4, 0.5) is 10.6 Å². The fraction of sp³-hybridized carbons (Fsp3) is 0.235. The zero-order valence-electron chi connectivity index (χ0n) is 25.4. The second kappa shape index (κ2) is 13.2. The standard InChI is InChI=1S/C34H35N11O/c35-32-29-33(38-23-37-29)44(24-39-32)21-28-22-45(41-40-28)31(27-14-8-3-9-15-27)30(26-12-6-2-7-13-26)42-16-18-43(19-17-42)34(46)36-20-25-10-4-1-5-11-25/h1-15,22-24,30-31H,16-21H2,(H3,35,36,37,38,46)/p+1. The van der Waals surface area contributed by atoms with Crippen LogP contribution in [0.25, 0.3) is 11.2 Å². The Hall–Kier alpha value is -5.62. The molecular formula is C34H36N11O+. The first kappa shape index (κ1) is 29.1. The van der Waals surface area contributed by atoms with Crippen molar-refractivity contribution in [3.8, 4) is 0 Å². The molecule has 232 valence electrons. The fourth-order valence-corrected chi connectivity index (χ4v) is 6.22. The number of carbonyl (C=O) groups is 1. The highest BCUT2D eigenvalue weighted by Crippen LogP contribution is 2.37. The van der Waals surface area contributed by atoms with Crippen LogP contribution in [0.2, 0.25) is 0 Å². The molecule has 0 bridgehead atoms. The molecule has 4 heterocycles. The van der Waals surface area contributed by atoms with E-state index in [2.05, 4.69) is 78.8 Å². The summed E-state index contributed by atoms with van der Waals surface area (Å²) in [4.78, 5) is 29.3. The highest BCUT2D eigenvalue weighted by molar-refractivity contribution is 5.78. The lowest BCUT2D eigenvalue weighted by molar-refractivity contribution is -0.667. The number of aromatic nitrogens is 7. The van der Waals surface area contributed by atoms with Crippen LogP contribution in [0, 0.1) is 0 Å². The van der Waals surface area contributed by atoms with Crippen LogP contribution >= 0.6 is 0 Å². The number of nitrogen functional groups attached to an aromatic ring is 1. The number of amides is 2. The van der Waals surface area contributed by atoms with Gasteiger partial charge in [0.15, 0.2) is 11.8 Å². The van der Waals surface area contributed by atoms with Crippen molar-refractivity contribution in [2.45, 2.75) is 25.2 Å². The van der Waals surface area contributed by atoms with E-state index in [0.717, 1.165) is 16.8 Å². The smallest absolute Gasteiger partial charge is 0.317 e. The number of H-pyrrole nitrogens is 1. The number of rotatable bonds is 9. The number of aromatic amines is 1. The molecule has 12 heteroatoms. The maximum atomic E-state index is 13.1. The van der Waals surface area contributed by atoms with Crippen molar-refractivity contribution in [2.75, 3.05) is 31.9 Å². The molecular weight excluding hydrogens is 578 g/mol. The van der Waals surface area contributed by atoms with Gasteiger partial charge in [-0.2, -0.15) is 0 Å². The van der Waals surface area contributed by atoms with Crippen molar-refractivity contribution in [3.05, 3.63) is 132 Å². The summed E-state index contributed by atoms with van der Waals surface area (Å²) in [6.07, 6.45) is 5.29. The third kappa shape index (κ3) is 6.15. The van der Waals surface area contributed by atoms with Gasteiger partial charge in [0.05, 0.1) is 18.3 Å². The van der Waals surface area contributed by atoms with Gasteiger partial charge >= 0.3 is 6.03 Å². The summed E-state index contributed by atoms with van der Waals surface area (Å²) < 4.78 is 3.87. The second-order valence-corrected chi connectivity index (χ2v) is 11.4. The molecule has 3 aromatic carbocycles. The minimum absolute atomic E-state index is 0.0408. The normalized spacial score (nSPS) is 15.1.